The molecule has 2 heterocycles. The maximum atomic E-state index is 14.7. The second-order valence-electron chi connectivity index (χ2n) is 8.68. The maximum Gasteiger partial charge on any atom is 0.265 e. The Hall–Kier alpha value is -3.74. The van der Waals surface area contributed by atoms with E-state index >= 15 is 0 Å². The van der Waals surface area contributed by atoms with Crippen LogP contribution in [0.3, 0.4) is 0 Å². The standard InChI is InChI=1S/C24H24ClFN6O4S/c1-24(2,34)18-8-14(25)9-19(20(18)33)37(35,36)32-16-6-12(5-15(26)10-16)17-7-13-11-29-23(28-4)31-21(13)30-22(17)27-3/h5-11,32-34H,1-4H3,(H2,27,28,29,30,31). The van der Waals surface area contributed by atoms with Crippen LogP contribution in [0.4, 0.5) is 21.8 Å². The average molecular weight is 547 g/mol. The number of phenolic OH excluding ortho intramolecular Hbond substituents is 1. The molecule has 0 saturated heterocycles. The third-order valence-electron chi connectivity index (χ3n) is 5.48. The fourth-order valence-electron chi connectivity index (χ4n) is 3.75. The minimum atomic E-state index is -4.44. The molecule has 0 saturated carbocycles. The molecule has 2 aromatic heterocycles. The van der Waals surface area contributed by atoms with Crippen molar-refractivity contribution < 1.29 is 23.0 Å². The van der Waals surface area contributed by atoms with Gasteiger partial charge in [0.25, 0.3) is 10.0 Å². The van der Waals surface area contributed by atoms with Crippen LogP contribution in [0.2, 0.25) is 5.02 Å². The number of halogens is 2. The lowest BCUT2D eigenvalue weighted by molar-refractivity contribution is 0.0754. The molecule has 13 heteroatoms. The second-order valence-corrected chi connectivity index (χ2v) is 10.8. The Morgan fingerprint density at radius 2 is 1.76 bits per heavy atom. The van der Waals surface area contributed by atoms with Crippen molar-refractivity contribution >= 4 is 50.1 Å². The normalized spacial score (nSPS) is 12.0. The van der Waals surface area contributed by atoms with Gasteiger partial charge < -0.3 is 20.8 Å². The second kappa shape index (κ2) is 9.61. The zero-order valence-corrected chi connectivity index (χ0v) is 21.8. The molecule has 5 N–H and O–H groups in total. The summed E-state index contributed by atoms with van der Waals surface area (Å²) in [6, 6.07) is 7.67. The van der Waals surface area contributed by atoms with Gasteiger partial charge in [0.1, 0.15) is 22.3 Å². The highest BCUT2D eigenvalue weighted by Gasteiger charge is 2.28. The number of aromatic hydroxyl groups is 1. The quantitative estimate of drug-likeness (QED) is 0.228. The molecule has 0 unspecified atom stereocenters. The first kappa shape index (κ1) is 26.3. The van der Waals surface area contributed by atoms with Crippen LogP contribution in [0.25, 0.3) is 22.2 Å². The molecule has 37 heavy (non-hydrogen) atoms. The van der Waals surface area contributed by atoms with Gasteiger partial charge in [-0.2, -0.15) is 4.98 Å². The van der Waals surface area contributed by atoms with Gasteiger partial charge in [0.15, 0.2) is 5.65 Å². The third kappa shape index (κ3) is 5.36. The molecule has 0 aliphatic carbocycles. The molecular formula is C24H24ClFN6O4S. The van der Waals surface area contributed by atoms with E-state index in [1.807, 2.05) is 0 Å². The average Bonchev–Trinajstić information content (AvgIpc) is 2.82. The van der Waals surface area contributed by atoms with Crippen molar-refractivity contribution in [1.29, 1.82) is 0 Å². The van der Waals surface area contributed by atoms with Gasteiger partial charge in [0.2, 0.25) is 5.95 Å². The highest BCUT2D eigenvalue weighted by Crippen LogP contribution is 2.38. The van der Waals surface area contributed by atoms with E-state index < -0.39 is 32.1 Å². The van der Waals surface area contributed by atoms with Crippen molar-refractivity contribution in [2.24, 2.45) is 0 Å². The lowest BCUT2D eigenvalue weighted by Crippen LogP contribution is -2.19. The zero-order valence-electron chi connectivity index (χ0n) is 20.3. The Morgan fingerprint density at radius 3 is 2.41 bits per heavy atom. The van der Waals surface area contributed by atoms with E-state index in [0.717, 1.165) is 12.1 Å². The molecule has 0 amide bonds. The largest absolute Gasteiger partial charge is 0.506 e. The van der Waals surface area contributed by atoms with Gasteiger partial charge in [0.05, 0.1) is 11.3 Å². The number of rotatable bonds is 7. The molecule has 0 spiro atoms. The summed E-state index contributed by atoms with van der Waals surface area (Å²) in [5.74, 6) is -0.617. The van der Waals surface area contributed by atoms with Crippen LogP contribution in [0.5, 0.6) is 5.75 Å². The van der Waals surface area contributed by atoms with Crippen LogP contribution in [-0.4, -0.2) is 47.7 Å². The van der Waals surface area contributed by atoms with Gasteiger partial charge >= 0.3 is 0 Å². The van der Waals surface area contributed by atoms with Crippen LogP contribution < -0.4 is 15.4 Å². The Bertz CT molecular complexity index is 1630. The lowest BCUT2D eigenvalue weighted by atomic mass is 9.97. The molecule has 10 nitrogen and oxygen atoms in total. The van der Waals surface area contributed by atoms with Gasteiger partial charge in [-0.15, -0.1) is 0 Å². The van der Waals surface area contributed by atoms with Gasteiger partial charge in [-0.1, -0.05) is 11.6 Å². The fourth-order valence-corrected chi connectivity index (χ4v) is 5.22. The molecule has 0 atom stereocenters. The molecular weight excluding hydrogens is 523 g/mol. The fraction of sp³-hybridized carbons (Fsp3) is 0.208. The van der Waals surface area contributed by atoms with Crippen molar-refractivity contribution in [2.75, 3.05) is 29.5 Å². The topological polar surface area (TPSA) is 149 Å². The van der Waals surface area contributed by atoms with E-state index in [-0.39, 0.29) is 16.3 Å². The number of nitrogens with zero attached hydrogens (tertiary/aromatic N) is 3. The Morgan fingerprint density at radius 1 is 1.03 bits per heavy atom. The molecule has 0 bridgehead atoms. The number of nitrogens with one attached hydrogen (secondary N) is 3. The molecule has 194 valence electrons. The summed E-state index contributed by atoms with van der Waals surface area (Å²) in [4.78, 5) is 12.4. The zero-order chi connectivity index (χ0) is 27.1. The molecule has 0 aliphatic rings. The van der Waals surface area contributed by atoms with E-state index in [1.165, 1.54) is 32.0 Å². The van der Waals surface area contributed by atoms with Crippen LogP contribution in [0.15, 0.2) is 47.5 Å². The first-order valence-electron chi connectivity index (χ1n) is 10.9. The number of anilines is 3. The number of sulfonamides is 1. The number of benzene rings is 2. The summed E-state index contributed by atoms with van der Waals surface area (Å²) in [5, 5.41) is 27.3. The first-order chi connectivity index (χ1) is 17.3. The molecule has 4 rings (SSSR count). The van der Waals surface area contributed by atoms with Crippen molar-refractivity contribution in [3.63, 3.8) is 0 Å². The molecule has 2 aromatic carbocycles. The maximum absolute atomic E-state index is 14.7. The SMILES string of the molecule is CNc1ncc2cc(-c3cc(F)cc(NS(=O)(=O)c4cc(Cl)cc(C(C)(C)O)c4O)c3)c(NC)nc2n1. The molecule has 4 aromatic rings. The van der Waals surface area contributed by atoms with Gasteiger partial charge in [-0.3, -0.25) is 4.72 Å². The number of fused-ring (bicyclic) bond motifs is 1. The smallest absolute Gasteiger partial charge is 0.265 e. The van der Waals surface area contributed by atoms with Crippen LogP contribution in [0, 0.1) is 5.82 Å². The highest BCUT2D eigenvalue weighted by atomic mass is 35.5. The minimum absolute atomic E-state index is 0.0141. The van der Waals surface area contributed by atoms with E-state index in [0.29, 0.717) is 33.9 Å². The summed E-state index contributed by atoms with van der Waals surface area (Å²) in [7, 11) is -1.12. The van der Waals surface area contributed by atoms with Crippen LogP contribution in [-0.2, 0) is 15.6 Å². The number of aromatic nitrogens is 3. The third-order valence-corrected chi connectivity index (χ3v) is 7.09. The highest BCUT2D eigenvalue weighted by molar-refractivity contribution is 7.92. The molecule has 0 fully saturated rings. The van der Waals surface area contributed by atoms with E-state index in [1.54, 1.807) is 26.4 Å². The lowest BCUT2D eigenvalue weighted by Gasteiger charge is -2.21. The van der Waals surface area contributed by atoms with Crippen molar-refractivity contribution in [1.82, 2.24) is 15.0 Å². The Labute approximate surface area is 217 Å². The van der Waals surface area contributed by atoms with Crippen LogP contribution >= 0.6 is 11.6 Å². The van der Waals surface area contributed by atoms with E-state index in [4.69, 9.17) is 11.6 Å². The van der Waals surface area contributed by atoms with Gasteiger partial charge in [-0.25, -0.2) is 22.8 Å². The number of hydrogen-bond acceptors (Lipinski definition) is 9. The predicted octanol–water partition coefficient (Wildman–Crippen LogP) is 4.30. The summed E-state index contributed by atoms with van der Waals surface area (Å²) in [6.45, 7) is 2.76. The van der Waals surface area contributed by atoms with Gasteiger partial charge in [0, 0.05) is 41.8 Å². The number of hydrogen-bond donors (Lipinski definition) is 5. The summed E-state index contributed by atoms with van der Waals surface area (Å²) in [6.07, 6.45) is 1.56. The van der Waals surface area contributed by atoms with E-state index in [2.05, 4.69) is 30.3 Å². The Balaban J connectivity index is 1.79. The van der Waals surface area contributed by atoms with Crippen LogP contribution in [0.1, 0.15) is 19.4 Å². The summed E-state index contributed by atoms with van der Waals surface area (Å²) >= 11 is 6.07. The molecule has 0 radical (unpaired) electrons. The number of pyridine rings is 1. The first-order valence-corrected chi connectivity index (χ1v) is 12.8. The monoisotopic (exact) mass is 546 g/mol. The van der Waals surface area contributed by atoms with Crippen molar-refractivity contribution in [3.8, 4) is 16.9 Å². The van der Waals surface area contributed by atoms with Crippen molar-refractivity contribution in [3.05, 3.63) is 59.0 Å². The van der Waals surface area contributed by atoms with Crippen molar-refractivity contribution in [2.45, 2.75) is 24.3 Å². The summed E-state index contributed by atoms with van der Waals surface area (Å²) in [5.41, 5.74) is -0.556. The van der Waals surface area contributed by atoms with E-state index in [9.17, 15) is 23.0 Å². The van der Waals surface area contributed by atoms with Gasteiger partial charge in [-0.05, 0) is 55.8 Å². The minimum Gasteiger partial charge on any atom is -0.506 e. The number of phenols is 1. The Kier molecular flexibility index (Phi) is 6.84. The summed E-state index contributed by atoms with van der Waals surface area (Å²) < 4.78 is 43.4. The number of aliphatic hydroxyl groups is 1. The molecule has 0 aliphatic heterocycles. The predicted molar refractivity (Wildman–Crippen MR) is 141 cm³/mol.